The third-order valence-corrected chi connectivity index (χ3v) is 2.62. The SMILES string of the molecule is C=C(C)/C=C\C(=C/C)NC(=O)Nc1nnc(C)s1. The average molecular weight is 264 g/mol. The molecular weight excluding hydrogens is 248 g/mol. The van der Waals surface area contributed by atoms with Crippen LogP contribution in [0.3, 0.4) is 0 Å². The van der Waals surface area contributed by atoms with E-state index in [0.717, 1.165) is 10.6 Å². The van der Waals surface area contributed by atoms with Crippen molar-refractivity contribution in [2.24, 2.45) is 0 Å². The van der Waals surface area contributed by atoms with E-state index in [9.17, 15) is 4.79 Å². The Morgan fingerprint density at radius 2 is 2.11 bits per heavy atom. The predicted molar refractivity (Wildman–Crippen MR) is 74.5 cm³/mol. The number of rotatable bonds is 4. The van der Waals surface area contributed by atoms with Gasteiger partial charge in [-0.3, -0.25) is 5.32 Å². The zero-order valence-electron chi connectivity index (χ0n) is 10.7. The van der Waals surface area contributed by atoms with Crippen LogP contribution in [0.25, 0.3) is 0 Å². The molecule has 0 saturated heterocycles. The Morgan fingerprint density at radius 1 is 1.39 bits per heavy atom. The summed E-state index contributed by atoms with van der Waals surface area (Å²) in [6.45, 7) is 9.30. The van der Waals surface area contributed by atoms with Gasteiger partial charge in [0.1, 0.15) is 5.01 Å². The van der Waals surface area contributed by atoms with Crippen molar-refractivity contribution in [3.63, 3.8) is 0 Å². The van der Waals surface area contributed by atoms with Crippen LogP contribution in [-0.2, 0) is 0 Å². The Hall–Kier alpha value is -1.95. The third-order valence-electron chi connectivity index (χ3n) is 1.86. The molecule has 0 aliphatic heterocycles. The molecule has 1 rings (SSSR count). The second-order valence-corrected chi connectivity index (χ2v) is 4.81. The number of aryl methyl sites for hydroxylation is 1. The molecule has 1 heterocycles. The lowest BCUT2D eigenvalue weighted by Gasteiger charge is -2.05. The van der Waals surface area contributed by atoms with Crippen LogP contribution in [-0.4, -0.2) is 16.2 Å². The molecule has 6 heteroatoms. The quantitative estimate of drug-likeness (QED) is 0.821. The number of carbonyl (C=O) groups excluding carboxylic acids is 1. The van der Waals surface area contributed by atoms with E-state index in [1.165, 1.54) is 11.3 Å². The second-order valence-electron chi connectivity index (χ2n) is 3.63. The van der Waals surface area contributed by atoms with Gasteiger partial charge in [0.25, 0.3) is 0 Å². The lowest BCUT2D eigenvalue weighted by atomic mass is 10.3. The number of urea groups is 1. The molecule has 0 aliphatic carbocycles. The van der Waals surface area contributed by atoms with E-state index < -0.39 is 0 Å². The van der Waals surface area contributed by atoms with Gasteiger partial charge in [0.2, 0.25) is 5.13 Å². The number of hydrogen-bond acceptors (Lipinski definition) is 4. The van der Waals surface area contributed by atoms with Crippen molar-refractivity contribution in [3.8, 4) is 0 Å². The predicted octanol–water partition coefficient (Wildman–Crippen LogP) is 3.00. The largest absolute Gasteiger partial charge is 0.325 e. The van der Waals surface area contributed by atoms with Crippen LogP contribution < -0.4 is 10.6 Å². The van der Waals surface area contributed by atoms with Crippen molar-refractivity contribution < 1.29 is 4.79 Å². The van der Waals surface area contributed by atoms with Gasteiger partial charge in [0, 0.05) is 5.70 Å². The zero-order chi connectivity index (χ0) is 13.5. The first-order chi connectivity index (χ1) is 8.51. The third kappa shape index (κ3) is 4.92. The van der Waals surface area contributed by atoms with Crippen molar-refractivity contribution in [3.05, 3.63) is 41.1 Å². The van der Waals surface area contributed by atoms with Crippen LogP contribution >= 0.6 is 11.3 Å². The Balaban J connectivity index is 2.55. The van der Waals surface area contributed by atoms with Crippen LogP contribution in [0.4, 0.5) is 9.93 Å². The van der Waals surface area contributed by atoms with Crippen molar-refractivity contribution >= 4 is 22.5 Å². The molecule has 0 radical (unpaired) electrons. The Labute approximate surface area is 110 Å². The van der Waals surface area contributed by atoms with Gasteiger partial charge in [-0.05, 0) is 26.8 Å². The van der Waals surface area contributed by atoms with Gasteiger partial charge in [0.05, 0.1) is 0 Å². The molecule has 0 saturated carbocycles. The number of carbonyl (C=O) groups is 1. The summed E-state index contributed by atoms with van der Waals surface area (Å²) >= 11 is 1.32. The number of nitrogens with one attached hydrogen (secondary N) is 2. The highest BCUT2D eigenvalue weighted by atomic mass is 32.1. The monoisotopic (exact) mass is 264 g/mol. The minimum Gasteiger partial charge on any atom is -0.308 e. The van der Waals surface area contributed by atoms with Gasteiger partial charge in [0.15, 0.2) is 0 Å². The molecule has 5 nitrogen and oxygen atoms in total. The number of aromatic nitrogens is 2. The molecule has 96 valence electrons. The van der Waals surface area contributed by atoms with E-state index in [0.29, 0.717) is 10.8 Å². The van der Waals surface area contributed by atoms with Crippen LogP contribution in [0, 0.1) is 6.92 Å². The second kappa shape index (κ2) is 6.70. The molecule has 0 aromatic carbocycles. The zero-order valence-corrected chi connectivity index (χ0v) is 11.5. The highest BCUT2D eigenvalue weighted by molar-refractivity contribution is 7.15. The van der Waals surface area contributed by atoms with Crippen LogP contribution in [0.15, 0.2) is 36.1 Å². The summed E-state index contributed by atoms with van der Waals surface area (Å²) < 4.78 is 0. The summed E-state index contributed by atoms with van der Waals surface area (Å²) in [7, 11) is 0. The van der Waals surface area contributed by atoms with Crippen LogP contribution in [0.2, 0.25) is 0 Å². The maximum atomic E-state index is 11.7. The molecule has 18 heavy (non-hydrogen) atoms. The molecule has 0 atom stereocenters. The molecule has 0 bridgehead atoms. The molecule has 0 fully saturated rings. The van der Waals surface area contributed by atoms with E-state index in [2.05, 4.69) is 27.4 Å². The molecule has 1 aromatic rings. The molecular formula is C12H16N4OS. The summed E-state index contributed by atoms with van der Waals surface area (Å²) in [6, 6.07) is -0.342. The van der Waals surface area contributed by atoms with Crippen molar-refractivity contribution in [2.75, 3.05) is 5.32 Å². The number of amides is 2. The maximum Gasteiger partial charge on any atom is 0.325 e. The molecule has 0 spiro atoms. The average Bonchev–Trinajstić information content (AvgIpc) is 2.69. The normalized spacial score (nSPS) is 11.6. The highest BCUT2D eigenvalue weighted by Crippen LogP contribution is 2.13. The van der Waals surface area contributed by atoms with E-state index in [1.54, 1.807) is 12.2 Å². The Kier molecular flexibility index (Phi) is 5.26. The number of hydrogen-bond donors (Lipinski definition) is 2. The standard InChI is InChI=1S/C12H16N4OS/c1-5-10(7-6-8(2)3)13-11(17)14-12-16-15-9(4)18-12/h5-7H,2H2,1,3-4H3,(H2,13,14,16,17)/b7-6-,10-5+. The summed E-state index contributed by atoms with van der Waals surface area (Å²) in [6.07, 6.45) is 5.41. The van der Waals surface area contributed by atoms with Gasteiger partial charge >= 0.3 is 6.03 Å². The van der Waals surface area contributed by atoms with Gasteiger partial charge in [-0.25, -0.2) is 4.79 Å². The van der Waals surface area contributed by atoms with E-state index in [1.807, 2.05) is 26.8 Å². The van der Waals surface area contributed by atoms with Gasteiger partial charge in [-0.15, -0.1) is 10.2 Å². The Morgan fingerprint density at radius 3 is 2.61 bits per heavy atom. The maximum absolute atomic E-state index is 11.7. The molecule has 0 unspecified atom stereocenters. The fraction of sp³-hybridized carbons (Fsp3) is 0.250. The smallest absolute Gasteiger partial charge is 0.308 e. The molecule has 2 amide bonds. The van der Waals surface area contributed by atoms with Crippen LogP contribution in [0.5, 0.6) is 0 Å². The fourth-order valence-corrected chi connectivity index (χ4v) is 1.64. The summed E-state index contributed by atoms with van der Waals surface area (Å²) in [5.74, 6) is 0. The number of anilines is 1. The minimum atomic E-state index is -0.342. The van der Waals surface area contributed by atoms with E-state index in [-0.39, 0.29) is 6.03 Å². The van der Waals surface area contributed by atoms with Crippen molar-refractivity contribution in [1.29, 1.82) is 0 Å². The first-order valence-corrected chi connectivity index (χ1v) is 6.21. The van der Waals surface area contributed by atoms with E-state index in [4.69, 9.17) is 0 Å². The molecule has 0 aliphatic rings. The minimum absolute atomic E-state index is 0.342. The number of allylic oxidation sites excluding steroid dienone is 4. The lowest BCUT2D eigenvalue weighted by molar-refractivity contribution is 0.254. The summed E-state index contributed by atoms with van der Waals surface area (Å²) in [5, 5.41) is 14.2. The summed E-state index contributed by atoms with van der Waals surface area (Å²) in [4.78, 5) is 11.7. The van der Waals surface area contributed by atoms with Gasteiger partial charge in [-0.2, -0.15) is 0 Å². The number of nitrogens with zero attached hydrogens (tertiary/aromatic N) is 2. The summed E-state index contributed by atoms with van der Waals surface area (Å²) in [5.41, 5.74) is 1.60. The first kappa shape index (κ1) is 14.1. The van der Waals surface area contributed by atoms with E-state index >= 15 is 0 Å². The molecule has 2 N–H and O–H groups in total. The topological polar surface area (TPSA) is 66.9 Å². The first-order valence-electron chi connectivity index (χ1n) is 5.39. The fourth-order valence-electron chi connectivity index (χ4n) is 1.05. The van der Waals surface area contributed by atoms with Gasteiger partial charge < -0.3 is 5.32 Å². The van der Waals surface area contributed by atoms with Crippen molar-refractivity contribution in [2.45, 2.75) is 20.8 Å². The van der Waals surface area contributed by atoms with Gasteiger partial charge in [-0.1, -0.05) is 35.6 Å². The van der Waals surface area contributed by atoms with Crippen LogP contribution in [0.1, 0.15) is 18.9 Å². The lowest BCUT2D eigenvalue weighted by Crippen LogP contribution is -2.27. The van der Waals surface area contributed by atoms with Crippen molar-refractivity contribution in [1.82, 2.24) is 15.5 Å². The highest BCUT2D eigenvalue weighted by Gasteiger charge is 2.06. The molecule has 1 aromatic heterocycles. The Bertz CT molecular complexity index is 502.